The smallest absolute Gasteiger partial charge is 0.243 e. The van der Waals surface area contributed by atoms with Gasteiger partial charge in [-0.2, -0.15) is 4.31 Å². The topological polar surface area (TPSA) is 79.4 Å². The normalized spacial score (nSPS) is 16.0. The highest BCUT2D eigenvalue weighted by molar-refractivity contribution is 7.89. The van der Waals surface area contributed by atoms with Crippen LogP contribution in [0.1, 0.15) is 31.0 Å². The highest BCUT2D eigenvalue weighted by Crippen LogP contribution is 2.28. The molecule has 1 aromatic carbocycles. The van der Waals surface area contributed by atoms with E-state index in [0.29, 0.717) is 19.4 Å². The minimum Gasteiger partial charge on any atom is -0.350 e. The number of hydrogen-bond donors (Lipinski definition) is 1. The Labute approximate surface area is 181 Å². The monoisotopic (exact) mass is 455 g/mol. The maximum absolute atomic E-state index is 12.8. The van der Waals surface area contributed by atoms with Gasteiger partial charge in [0.25, 0.3) is 0 Å². The second-order valence-corrected chi connectivity index (χ2v) is 9.82. The van der Waals surface area contributed by atoms with Crippen molar-refractivity contribution >= 4 is 39.1 Å². The molecule has 1 aliphatic heterocycles. The summed E-state index contributed by atoms with van der Waals surface area (Å²) in [6.45, 7) is 2.97. The van der Waals surface area contributed by atoms with Crippen molar-refractivity contribution in [1.82, 2.24) is 14.6 Å². The highest BCUT2D eigenvalue weighted by atomic mass is 35.5. The number of piperidine rings is 1. The first-order valence-corrected chi connectivity index (χ1v) is 11.7. The van der Waals surface area contributed by atoms with E-state index in [1.807, 2.05) is 18.3 Å². The Hall–Kier alpha value is -1.67. The zero-order valence-electron chi connectivity index (χ0n) is 16.1. The molecule has 0 radical (unpaired) electrons. The van der Waals surface area contributed by atoms with Crippen molar-refractivity contribution < 1.29 is 13.2 Å². The van der Waals surface area contributed by atoms with Gasteiger partial charge in [-0.25, -0.2) is 8.42 Å². The van der Waals surface area contributed by atoms with Crippen molar-refractivity contribution in [2.75, 3.05) is 13.1 Å². The second kappa shape index (κ2) is 9.43. The molecule has 2 heterocycles. The summed E-state index contributed by atoms with van der Waals surface area (Å²) in [5, 5.41) is 3.44. The molecule has 0 spiro atoms. The summed E-state index contributed by atoms with van der Waals surface area (Å²) in [6.07, 6.45) is 3.65. The van der Waals surface area contributed by atoms with Gasteiger partial charge in [0.15, 0.2) is 0 Å². The van der Waals surface area contributed by atoms with Crippen LogP contribution in [0.5, 0.6) is 0 Å². The van der Waals surface area contributed by atoms with Crippen molar-refractivity contribution in [2.24, 2.45) is 5.92 Å². The number of carbonyl (C=O) groups is 1. The number of sulfonamides is 1. The molecule has 156 valence electrons. The number of pyridine rings is 1. The van der Waals surface area contributed by atoms with Gasteiger partial charge in [0.1, 0.15) is 0 Å². The lowest BCUT2D eigenvalue weighted by Gasteiger charge is -2.30. The van der Waals surface area contributed by atoms with Gasteiger partial charge in [-0.3, -0.25) is 9.78 Å². The number of carbonyl (C=O) groups excluding carboxylic acids is 1. The van der Waals surface area contributed by atoms with Crippen LogP contribution in [0.15, 0.2) is 41.4 Å². The number of halogens is 2. The molecule has 29 heavy (non-hydrogen) atoms. The molecule has 1 fully saturated rings. The largest absolute Gasteiger partial charge is 0.350 e. The molecule has 0 saturated carbocycles. The van der Waals surface area contributed by atoms with Crippen LogP contribution in [-0.2, 0) is 27.8 Å². The first-order valence-electron chi connectivity index (χ1n) is 9.47. The maximum atomic E-state index is 12.8. The number of aromatic nitrogens is 1. The summed E-state index contributed by atoms with van der Waals surface area (Å²) in [6, 6.07) is 8.17. The van der Waals surface area contributed by atoms with Gasteiger partial charge in [0.05, 0.1) is 17.1 Å². The summed E-state index contributed by atoms with van der Waals surface area (Å²) in [4.78, 5) is 16.9. The Kier molecular flexibility index (Phi) is 7.16. The molecule has 2 aromatic rings. The van der Waals surface area contributed by atoms with Crippen molar-refractivity contribution in [2.45, 2.75) is 37.6 Å². The third-order valence-corrected chi connectivity index (χ3v) is 7.35. The van der Waals surface area contributed by atoms with Crippen LogP contribution >= 0.6 is 23.2 Å². The summed E-state index contributed by atoms with van der Waals surface area (Å²) in [5.74, 6) is -0.298. The van der Waals surface area contributed by atoms with Gasteiger partial charge in [-0.1, -0.05) is 36.2 Å². The van der Waals surface area contributed by atoms with E-state index >= 15 is 0 Å². The average molecular weight is 456 g/mol. The van der Waals surface area contributed by atoms with Crippen LogP contribution in [0.3, 0.4) is 0 Å². The SMILES string of the molecule is CCc1ccc(CNC(=O)C2CCN(S(=O)(=O)c3cc(Cl)cc(Cl)c3)CC2)nc1. The molecule has 3 rings (SSSR count). The molecule has 6 nitrogen and oxygen atoms in total. The quantitative estimate of drug-likeness (QED) is 0.720. The number of benzene rings is 1. The fourth-order valence-corrected chi connectivity index (χ4v) is 5.47. The van der Waals surface area contributed by atoms with E-state index in [1.54, 1.807) is 0 Å². The van der Waals surface area contributed by atoms with Crippen molar-refractivity contribution in [3.63, 3.8) is 0 Å². The number of aryl methyl sites for hydroxylation is 1. The molecule has 1 aliphatic rings. The van der Waals surface area contributed by atoms with Gasteiger partial charge in [-0.15, -0.1) is 0 Å². The van der Waals surface area contributed by atoms with Gasteiger partial charge >= 0.3 is 0 Å². The first-order chi connectivity index (χ1) is 13.8. The van der Waals surface area contributed by atoms with E-state index in [1.165, 1.54) is 22.5 Å². The molecule has 0 atom stereocenters. The average Bonchev–Trinajstić information content (AvgIpc) is 2.71. The molecule has 1 amide bonds. The Morgan fingerprint density at radius 2 is 1.83 bits per heavy atom. The number of rotatable bonds is 6. The van der Waals surface area contributed by atoms with E-state index in [-0.39, 0.29) is 39.9 Å². The Bertz CT molecular complexity index is 953. The molecule has 0 bridgehead atoms. The third-order valence-electron chi connectivity index (χ3n) is 5.04. The summed E-state index contributed by atoms with van der Waals surface area (Å²) in [7, 11) is -3.70. The number of amides is 1. The predicted molar refractivity (Wildman–Crippen MR) is 113 cm³/mol. The van der Waals surface area contributed by atoms with Crippen molar-refractivity contribution in [3.05, 3.63) is 57.8 Å². The lowest BCUT2D eigenvalue weighted by Crippen LogP contribution is -2.42. The molecule has 0 unspecified atom stereocenters. The van der Waals surface area contributed by atoms with Gasteiger partial charge in [0, 0.05) is 35.2 Å². The predicted octanol–water partition coefficient (Wildman–Crippen LogP) is 3.67. The molecular formula is C20H23Cl2N3O3S. The molecular weight excluding hydrogens is 433 g/mol. The first kappa shape index (κ1) is 22.0. The summed E-state index contributed by atoms with van der Waals surface area (Å²) < 4.78 is 27.0. The Morgan fingerprint density at radius 3 is 2.38 bits per heavy atom. The van der Waals surface area contributed by atoms with E-state index in [4.69, 9.17) is 23.2 Å². The van der Waals surface area contributed by atoms with Crippen LogP contribution in [0.2, 0.25) is 10.0 Å². The van der Waals surface area contributed by atoms with Crippen molar-refractivity contribution in [3.8, 4) is 0 Å². The van der Waals surface area contributed by atoms with Gasteiger partial charge in [0.2, 0.25) is 15.9 Å². The molecule has 1 saturated heterocycles. The van der Waals surface area contributed by atoms with Gasteiger partial charge in [-0.05, 0) is 49.1 Å². The van der Waals surface area contributed by atoms with Crippen LogP contribution in [0, 0.1) is 5.92 Å². The van der Waals surface area contributed by atoms with Crippen LogP contribution < -0.4 is 5.32 Å². The minimum atomic E-state index is -3.70. The highest BCUT2D eigenvalue weighted by Gasteiger charge is 2.32. The van der Waals surface area contributed by atoms with Crippen LogP contribution in [-0.4, -0.2) is 36.7 Å². The van der Waals surface area contributed by atoms with E-state index < -0.39 is 10.0 Å². The number of nitrogens with one attached hydrogen (secondary N) is 1. The Morgan fingerprint density at radius 1 is 1.17 bits per heavy atom. The van der Waals surface area contributed by atoms with E-state index in [2.05, 4.69) is 17.2 Å². The van der Waals surface area contributed by atoms with Gasteiger partial charge < -0.3 is 5.32 Å². The minimum absolute atomic E-state index is 0.0690. The standard InChI is InChI=1S/C20H23Cl2N3O3S/c1-2-14-3-4-18(23-12-14)13-24-20(26)15-5-7-25(8-6-15)29(27,28)19-10-16(21)9-17(22)11-19/h3-4,9-12,15H,2,5-8,13H2,1H3,(H,24,26). The molecule has 9 heteroatoms. The zero-order chi connectivity index (χ0) is 21.0. The lowest BCUT2D eigenvalue weighted by molar-refractivity contribution is -0.126. The lowest BCUT2D eigenvalue weighted by atomic mass is 9.97. The second-order valence-electron chi connectivity index (χ2n) is 7.01. The fourth-order valence-electron chi connectivity index (χ4n) is 3.28. The van der Waals surface area contributed by atoms with E-state index in [0.717, 1.165) is 17.7 Å². The van der Waals surface area contributed by atoms with E-state index in [9.17, 15) is 13.2 Å². The van der Waals surface area contributed by atoms with Crippen molar-refractivity contribution in [1.29, 1.82) is 0 Å². The summed E-state index contributed by atoms with van der Waals surface area (Å²) >= 11 is 11.9. The third kappa shape index (κ3) is 5.48. The number of hydrogen-bond acceptors (Lipinski definition) is 4. The zero-order valence-corrected chi connectivity index (χ0v) is 18.4. The van der Waals surface area contributed by atoms with Crippen LogP contribution in [0.4, 0.5) is 0 Å². The maximum Gasteiger partial charge on any atom is 0.243 e. The van der Waals surface area contributed by atoms with Crippen LogP contribution in [0.25, 0.3) is 0 Å². The molecule has 1 aromatic heterocycles. The molecule has 0 aliphatic carbocycles. The Balaban J connectivity index is 1.55. The summed E-state index contributed by atoms with van der Waals surface area (Å²) in [5.41, 5.74) is 1.95. The fraction of sp³-hybridized carbons (Fsp3) is 0.400. The number of nitrogens with zero attached hydrogens (tertiary/aromatic N) is 2. The molecule has 1 N–H and O–H groups in total.